The van der Waals surface area contributed by atoms with E-state index in [0.717, 1.165) is 71.9 Å². The van der Waals surface area contributed by atoms with E-state index in [1.807, 2.05) is 39.0 Å². The van der Waals surface area contributed by atoms with Gasteiger partial charge in [0, 0.05) is 17.1 Å². The van der Waals surface area contributed by atoms with Crippen LogP contribution in [0.5, 0.6) is 17.2 Å². The molecule has 0 aliphatic rings. The molecule has 1 aromatic heterocycles. The minimum Gasteiger partial charge on any atom is -0.423 e. The van der Waals surface area contributed by atoms with E-state index in [2.05, 4.69) is 96.5 Å². The molecule has 12 heteroatoms. The van der Waals surface area contributed by atoms with E-state index < -0.39 is 17.9 Å². The molecule has 0 bridgehead atoms. The molecule has 3 atom stereocenters. The Kier molecular flexibility index (Phi) is 23.6. The number of carbonyl (C=O) groups is 3. The third-order valence-corrected chi connectivity index (χ3v) is 17.1. The van der Waals surface area contributed by atoms with Crippen molar-refractivity contribution >= 4 is 52.8 Å². The summed E-state index contributed by atoms with van der Waals surface area (Å²) >= 11 is 0. The van der Waals surface area contributed by atoms with Crippen LogP contribution in [0.2, 0.25) is 0 Å². The van der Waals surface area contributed by atoms with Gasteiger partial charge >= 0.3 is 17.9 Å². The molecular weight excluding hydrogens is 1040 g/mol. The summed E-state index contributed by atoms with van der Waals surface area (Å²) in [5, 5.41) is 9.81. The quantitative estimate of drug-likeness (QED) is 0.0290. The van der Waals surface area contributed by atoms with Gasteiger partial charge in [-0.1, -0.05) is 137 Å². The van der Waals surface area contributed by atoms with Crippen LogP contribution < -0.4 is 30.2 Å². The summed E-state index contributed by atoms with van der Waals surface area (Å²) in [4.78, 5) is 54.8. The minimum absolute atomic E-state index is 0.197. The number of nitrogens with zero attached hydrogens (tertiary/aromatic N) is 3. The van der Waals surface area contributed by atoms with Crippen molar-refractivity contribution in [2.75, 3.05) is 16.0 Å². The van der Waals surface area contributed by atoms with Gasteiger partial charge in [0.15, 0.2) is 0 Å². The molecule has 0 radical (unpaired) electrons. The van der Waals surface area contributed by atoms with Crippen molar-refractivity contribution in [1.29, 1.82) is 0 Å². The Morgan fingerprint density at radius 2 is 0.607 bits per heavy atom. The zero-order valence-electron chi connectivity index (χ0n) is 52.0. The van der Waals surface area contributed by atoms with Crippen LogP contribution >= 0.6 is 0 Å². The molecule has 1 heterocycles. The largest absolute Gasteiger partial charge is 0.423 e. The van der Waals surface area contributed by atoms with Gasteiger partial charge in [0.05, 0.1) is 16.7 Å². The van der Waals surface area contributed by atoms with Crippen LogP contribution in [-0.4, -0.2) is 32.9 Å². The molecule has 0 aliphatic carbocycles. The molecule has 0 amide bonds. The number of rotatable bonds is 30. The number of aromatic nitrogens is 3. The highest BCUT2D eigenvalue weighted by Crippen LogP contribution is 2.33. The normalized spacial score (nSPS) is 12.3. The fourth-order valence-corrected chi connectivity index (χ4v) is 10.8. The van der Waals surface area contributed by atoms with Crippen molar-refractivity contribution in [2.24, 2.45) is 17.8 Å². The van der Waals surface area contributed by atoms with Crippen molar-refractivity contribution < 1.29 is 28.6 Å². The van der Waals surface area contributed by atoms with E-state index in [1.54, 1.807) is 72.8 Å². The second kappa shape index (κ2) is 31.2. The molecule has 3 unspecified atom stereocenters. The predicted molar refractivity (Wildman–Crippen MR) is 343 cm³/mol. The van der Waals surface area contributed by atoms with Crippen molar-refractivity contribution in [1.82, 2.24) is 15.0 Å². The van der Waals surface area contributed by atoms with E-state index in [9.17, 15) is 14.4 Å². The van der Waals surface area contributed by atoms with Gasteiger partial charge in [-0.2, -0.15) is 15.0 Å². The van der Waals surface area contributed by atoms with Gasteiger partial charge in [0.1, 0.15) is 17.2 Å². The highest BCUT2D eigenvalue weighted by Gasteiger charge is 2.20. The Morgan fingerprint density at radius 1 is 0.357 bits per heavy atom. The Hall–Kier alpha value is -7.86. The average Bonchev–Trinajstić information content (AvgIpc) is 3.58. The smallest absolute Gasteiger partial charge is 0.343 e. The maximum atomic E-state index is 13.5. The molecule has 3 N–H and O–H groups in total. The van der Waals surface area contributed by atoms with Crippen molar-refractivity contribution in [3.8, 4) is 17.2 Å². The van der Waals surface area contributed by atoms with Gasteiger partial charge in [0.2, 0.25) is 17.8 Å². The lowest BCUT2D eigenvalue weighted by molar-refractivity contribution is 0.0724. The summed E-state index contributed by atoms with van der Waals surface area (Å²) in [5.74, 6) is 2.74. The lowest BCUT2D eigenvalue weighted by atomic mass is 9.89. The Balaban J connectivity index is 1.07. The highest BCUT2D eigenvalue weighted by atomic mass is 16.5. The first-order chi connectivity index (χ1) is 40.5. The van der Waals surface area contributed by atoms with Gasteiger partial charge in [-0.3, -0.25) is 0 Å². The van der Waals surface area contributed by atoms with E-state index >= 15 is 0 Å². The first kappa shape index (κ1) is 63.7. The maximum absolute atomic E-state index is 13.5. The van der Waals surface area contributed by atoms with Crippen molar-refractivity contribution in [3.05, 3.63) is 176 Å². The van der Waals surface area contributed by atoms with E-state index in [0.29, 0.717) is 68.8 Å². The summed E-state index contributed by atoms with van der Waals surface area (Å²) in [6.07, 6.45) is 17.4. The molecule has 0 fully saturated rings. The van der Waals surface area contributed by atoms with Gasteiger partial charge < -0.3 is 30.2 Å². The summed E-state index contributed by atoms with van der Waals surface area (Å²) in [6, 6.07) is 32.8. The van der Waals surface area contributed by atoms with E-state index in [-0.39, 0.29) is 17.8 Å². The SMILES string of the molecule is CCCCC(CC)Cc1ccc(OC(=O)c2ccc(Nc3nc(Nc4ccc(C(=O)Oc5ccc(CC(CC)CCCC)c(C)c5C)cc4)nc(Nc4ccc(C(=O)Oc5ccc(CC(CC)CCCC)c(C)c5C)cc4)n3)cc2)c(C)c1C. The summed E-state index contributed by atoms with van der Waals surface area (Å²) < 4.78 is 17.9. The first-order valence-electron chi connectivity index (χ1n) is 30.9. The van der Waals surface area contributed by atoms with Crippen LogP contribution in [-0.2, 0) is 19.3 Å². The summed E-state index contributed by atoms with van der Waals surface area (Å²) in [6.45, 7) is 25.8. The molecule has 0 spiro atoms. The fourth-order valence-electron chi connectivity index (χ4n) is 10.8. The number of carbonyl (C=O) groups excluding carboxylic acids is 3. The Morgan fingerprint density at radius 3 is 0.833 bits per heavy atom. The second-order valence-corrected chi connectivity index (χ2v) is 22.9. The first-order valence-corrected chi connectivity index (χ1v) is 30.9. The Bertz CT molecular complexity index is 2960. The molecule has 0 saturated heterocycles. The van der Waals surface area contributed by atoms with Crippen LogP contribution in [0.15, 0.2) is 109 Å². The van der Waals surface area contributed by atoms with Crippen molar-refractivity contribution in [2.45, 2.75) is 179 Å². The molecule has 0 aliphatic heterocycles. The molecule has 0 saturated carbocycles. The standard InChI is InChI=1S/C72H90N6O6/c1-13-19-22-52(16-4)43-58-31-40-64(49(10)46(58)7)82-67(79)55-25-34-61(35-26-55)73-70-76-71(74-62-36-27-56(28-37-62)68(80)83-65-41-32-59(47(8)50(65)11)44-53(17-5)23-20-14-2)78-72(77-70)75-63-38-29-57(30-39-63)69(81)84-66-42-33-60(48(9)51(66)12)45-54(18-6)24-21-15-3/h25-42,52-54H,13-24,43-45H2,1-12H3,(H3,73,74,75,76,77,78). The number of unbranched alkanes of at least 4 members (excludes halogenated alkanes) is 3. The van der Waals surface area contributed by atoms with Gasteiger partial charge in [0.25, 0.3) is 0 Å². The second-order valence-electron chi connectivity index (χ2n) is 22.9. The number of hydrogen-bond acceptors (Lipinski definition) is 12. The van der Waals surface area contributed by atoms with Crippen LogP contribution in [0.4, 0.5) is 34.9 Å². The van der Waals surface area contributed by atoms with Crippen molar-refractivity contribution in [3.63, 3.8) is 0 Å². The lowest BCUT2D eigenvalue weighted by Gasteiger charge is -2.18. The average molecular weight is 1140 g/mol. The molecular formula is C72H90N6O6. The van der Waals surface area contributed by atoms with Gasteiger partial charge in [-0.15, -0.1) is 0 Å². The molecule has 84 heavy (non-hydrogen) atoms. The number of nitrogens with one attached hydrogen (secondary N) is 3. The van der Waals surface area contributed by atoms with Crippen LogP contribution in [0, 0.1) is 59.3 Å². The topological polar surface area (TPSA) is 154 Å². The molecule has 444 valence electrons. The molecule has 7 aromatic rings. The number of esters is 3. The third-order valence-electron chi connectivity index (χ3n) is 17.1. The monoisotopic (exact) mass is 1130 g/mol. The van der Waals surface area contributed by atoms with Crippen LogP contribution in [0.3, 0.4) is 0 Å². The van der Waals surface area contributed by atoms with Gasteiger partial charge in [-0.25, -0.2) is 14.4 Å². The van der Waals surface area contributed by atoms with Crippen LogP contribution in [0.1, 0.15) is 200 Å². The third kappa shape index (κ3) is 17.4. The zero-order chi connectivity index (χ0) is 60.3. The summed E-state index contributed by atoms with van der Waals surface area (Å²) in [7, 11) is 0. The van der Waals surface area contributed by atoms with E-state index in [1.165, 1.54) is 74.5 Å². The minimum atomic E-state index is -0.460. The number of ether oxygens (including phenoxy) is 3. The predicted octanol–water partition coefficient (Wildman–Crippen LogP) is 18.9. The maximum Gasteiger partial charge on any atom is 0.343 e. The van der Waals surface area contributed by atoms with E-state index in [4.69, 9.17) is 29.2 Å². The van der Waals surface area contributed by atoms with Gasteiger partial charge in [-0.05, 0) is 220 Å². The lowest BCUT2D eigenvalue weighted by Crippen LogP contribution is -2.12. The number of anilines is 6. The molecule has 6 aromatic carbocycles. The Labute approximate surface area is 500 Å². The molecule has 7 rings (SSSR count). The van der Waals surface area contributed by atoms with Crippen LogP contribution in [0.25, 0.3) is 0 Å². The fraction of sp³-hybridized carbons (Fsp3) is 0.417. The zero-order valence-corrected chi connectivity index (χ0v) is 52.0. The highest BCUT2D eigenvalue weighted by molar-refractivity contribution is 5.93. The number of hydrogen-bond donors (Lipinski definition) is 3. The molecule has 12 nitrogen and oxygen atoms in total. The number of benzene rings is 6. The summed E-state index contributed by atoms with van der Waals surface area (Å²) in [5.41, 5.74) is 13.2.